The highest BCUT2D eigenvalue weighted by molar-refractivity contribution is 6.17. The van der Waals surface area contributed by atoms with E-state index < -0.39 is 11.5 Å². The van der Waals surface area contributed by atoms with Gasteiger partial charge in [0, 0.05) is 5.56 Å². The molecule has 5 heteroatoms. The molecule has 0 aliphatic heterocycles. The molecule has 130 valence electrons. The Hall–Kier alpha value is -3.08. The lowest BCUT2D eigenvalue weighted by Gasteiger charge is -2.13. The average molecular weight is 340 g/mol. The van der Waals surface area contributed by atoms with Gasteiger partial charge < -0.3 is 15.3 Å². The van der Waals surface area contributed by atoms with E-state index in [9.17, 15) is 24.9 Å². The van der Waals surface area contributed by atoms with Gasteiger partial charge in [0.15, 0.2) is 6.29 Å². The van der Waals surface area contributed by atoms with Gasteiger partial charge in [-0.05, 0) is 56.5 Å². The number of rotatable bonds is 5. The summed E-state index contributed by atoms with van der Waals surface area (Å²) in [6, 6.07) is 5.64. The van der Waals surface area contributed by atoms with Crippen molar-refractivity contribution in [2.75, 3.05) is 0 Å². The normalized spacial score (nSPS) is 10.4. The summed E-state index contributed by atoms with van der Waals surface area (Å²) in [5.41, 5.74) is 1.53. The number of aryl methyl sites for hydroxylation is 1. The van der Waals surface area contributed by atoms with Crippen molar-refractivity contribution in [2.24, 2.45) is 0 Å². The molecule has 0 saturated heterocycles. The predicted molar refractivity (Wildman–Crippen MR) is 94.6 cm³/mol. The maximum atomic E-state index is 12.8. The van der Waals surface area contributed by atoms with Crippen molar-refractivity contribution < 1.29 is 24.9 Å². The van der Waals surface area contributed by atoms with Crippen LogP contribution in [0.3, 0.4) is 0 Å². The van der Waals surface area contributed by atoms with Gasteiger partial charge in [-0.3, -0.25) is 9.59 Å². The fourth-order valence-electron chi connectivity index (χ4n) is 2.59. The predicted octanol–water partition coefficient (Wildman–Crippen LogP) is 3.66. The Morgan fingerprint density at radius 2 is 1.72 bits per heavy atom. The van der Waals surface area contributed by atoms with E-state index in [-0.39, 0.29) is 28.2 Å². The highest BCUT2D eigenvalue weighted by Crippen LogP contribution is 2.36. The van der Waals surface area contributed by atoms with Gasteiger partial charge in [0.25, 0.3) is 0 Å². The third-order valence-electron chi connectivity index (χ3n) is 3.84. The monoisotopic (exact) mass is 340 g/mol. The van der Waals surface area contributed by atoms with Crippen molar-refractivity contribution in [1.82, 2.24) is 0 Å². The summed E-state index contributed by atoms with van der Waals surface area (Å²) in [6.07, 6.45) is 2.72. The molecule has 0 heterocycles. The second-order valence-corrected chi connectivity index (χ2v) is 6.15. The van der Waals surface area contributed by atoms with Crippen molar-refractivity contribution in [3.8, 4) is 17.2 Å². The minimum absolute atomic E-state index is 0.00370. The number of phenols is 3. The second-order valence-electron chi connectivity index (χ2n) is 6.15. The molecular formula is C20H20O5. The van der Waals surface area contributed by atoms with Crippen molar-refractivity contribution in [3.05, 3.63) is 63.7 Å². The summed E-state index contributed by atoms with van der Waals surface area (Å²) >= 11 is 0. The zero-order valence-corrected chi connectivity index (χ0v) is 14.3. The van der Waals surface area contributed by atoms with Crippen LogP contribution >= 0.6 is 0 Å². The van der Waals surface area contributed by atoms with E-state index >= 15 is 0 Å². The van der Waals surface area contributed by atoms with E-state index in [4.69, 9.17) is 0 Å². The standard InChI is InChI=1S/C20H20O5/c1-11(2)4-5-13-6-7-15(22)18(19(13)24)20(25)17-14(10-21)8-12(3)9-16(17)23/h4,6-10,22-24H,5H2,1-3H3. The van der Waals surface area contributed by atoms with Gasteiger partial charge in [-0.2, -0.15) is 0 Å². The number of ketones is 1. The molecule has 2 rings (SSSR count). The Balaban J connectivity index is 2.63. The molecule has 0 spiro atoms. The Bertz CT molecular complexity index is 874. The van der Waals surface area contributed by atoms with Gasteiger partial charge in [-0.25, -0.2) is 0 Å². The van der Waals surface area contributed by atoms with Crippen molar-refractivity contribution >= 4 is 12.1 Å². The van der Waals surface area contributed by atoms with E-state index in [1.54, 1.807) is 6.92 Å². The average Bonchev–Trinajstić information content (AvgIpc) is 2.52. The van der Waals surface area contributed by atoms with Crippen LogP contribution in [-0.4, -0.2) is 27.4 Å². The first kappa shape index (κ1) is 18.3. The highest BCUT2D eigenvalue weighted by Gasteiger charge is 2.25. The van der Waals surface area contributed by atoms with E-state index in [1.165, 1.54) is 24.3 Å². The number of allylic oxidation sites excluding steroid dienone is 2. The molecule has 0 unspecified atom stereocenters. The van der Waals surface area contributed by atoms with Crippen LogP contribution in [0.25, 0.3) is 0 Å². The molecule has 0 fully saturated rings. The van der Waals surface area contributed by atoms with E-state index in [1.807, 2.05) is 19.9 Å². The molecule has 0 atom stereocenters. The Morgan fingerprint density at radius 3 is 2.32 bits per heavy atom. The first-order chi connectivity index (χ1) is 11.8. The Kier molecular flexibility index (Phi) is 5.27. The van der Waals surface area contributed by atoms with Crippen molar-refractivity contribution in [3.63, 3.8) is 0 Å². The Labute approximate surface area is 145 Å². The number of aldehydes is 1. The number of aromatic hydroxyl groups is 3. The Morgan fingerprint density at radius 1 is 1.04 bits per heavy atom. The molecule has 0 aromatic heterocycles. The molecule has 0 saturated carbocycles. The van der Waals surface area contributed by atoms with E-state index in [0.29, 0.717) is 23.8 Å². The van der Waals surface area contributed by atoms with Crippen LogP contribution in [0.2, 0.25) is 0 Å². The number of carbonyl (C=O) groups is 2. The first-order valence-corrected chi connectivity index (χ1v) is 7.77. The molecule has 0 amide bonds. The van der Waals surface area contributed by atoms with Gasteiger partial charge >= 0.3 is 0 Å². The lowest BCUT2D eigenvalue weighted by molar-refractivity contribution is 0.102. The maximum Gasteiger partial charge on any atom is 0.204 e. The summed E-state index contributed by atoms with van der Waals surface area (Å²) in [5, 5.41) is 30.6. The molecular weight excluding hydrogens is 320 g/mol. The number of carbonyl (C=O) groups excluding carboxylic acids is 2. The number of hydrogen-bond donors (Lipinski definition) is 3. The summed E-state index contributed by atoms with van der Waals surface area (Å²) in [5.74, 6) is -1.96. The van der Waals surface area contributed by atoms with Crippen LogP contribution in [0, 0.1) is 6.92 Å². The molecule has 0 radical (unpaired) electrons. The van der Waals surface area contributed by atoms with Crippen molar-refractivity contribution in [2.45, 2.75) is 27.2 Å². The first-order valence-electron chi connectivity index (χ1n) is 7.77. The van der Waals surface area contributed by atoms with Gasteiger partial charge in [0.05, 0.1) is 5.56 Å². The lowest BCUT2D eigenvalue weighted by atomic mass is 9.93. The van der Waals surface area contributed by atoms with Crippen molar-refractivity contribution in [1.29, 1.82) is 0 Å². The smallest absolute Gasteiger partial charge is 0.204 e. The fourth-order valence-corrected chi connectivity index (χ4v) is 2.59. The van der Waals surface area contributed by atoms with E-state index in [2.05, 4.69) is 0 Å². The van der Waals surface area contributed by atoms with Crippen LogP contribution in [0.4, 0.5) is 0 Å². The molecule has 25 heavy (non-hydrogen) atoms. The zero-order valence-electron chi connectivity index (χ0n) is 14.3. The molecule has 0 aliphatic rings. The summed E-state index contributed by atoms with van der Waals surface area (Å²) < 4.78 is 0. The molecule has 2 aromatic rings. The minimum Gasteiger partial charge on any atom is -0.507 e. The van der Waals surface area contributed by atoms with Crippen LogP contribution in [0.15, 0.2) is 35.9 Å². The lowest BCUT2D eigenvalue weighted by Crippen LogP contribution is -2.08. The molecule has 5 nitrogen and oxygen atoms in total. The van der Waals surface area contributed by atoms with Crippen LogP contribution in [0.5, 0.6) is 17.2 Å². The van der Waals surface area contributed by atoms with Gasteiger partial charge in [0.1, 0.15) is 22.8 Å². The number of hydrogen-bond acceptors (Lipinski definition) is 5. The maximum absolute atomic E-state index is 12.8. The third kappa shape index (κ3) is 3.71. The molecule has 2 aromatic carbocycles. The highest BCUT2D eigenvalue weighted by atomic mass is 16.3. The zero-order chi connectivity index (χ0) is 18.7. The SMILES string of the molecule is CC(C)=CCc1ccc(O)c(C(=O)c2c(O)cc(C)cc2C=O)c1O. The molecule has 3 N–H and O–H groups in total. The fraction of sp³-hybridized carbons (Fsp3) is 0.200. The number of benzene rings is 2. The number of phenolic OH excluding ortho intramolecular Hbond substituents is 3. The summed E-state index contributed by atoms with van der Waals surface area (Å²) in [6.45, 7) is 5.49. The molecule has 0 aliphatic carbocycles. The molecule has 0 bridgehead atoms. The summed E-state index contributed by atoms with van der Waals surface area (Å²) in [7, 11) is 0. The second kappa shape index (κ2) is 7.21. The largest absolute Gasteiger partial charge is 0.507 e. The van der Waals surface area contributed by atoms with Gasteiger partial charge in [0.2, 0.25) is 5.78 Å². The third-order valence-corrected chi connectivity index (χ3v) is 3.84. The van der Waals surface area contributed by atoms with Crippen LogP contribution in [-0.2, 0) is 6.42 Å². The van der Waals surface area contributed by atoms with Crippen LogP contribution in [0.1, 0.15) is 51.3 Å². The minimum atomic E-state index is -0.811. The quantitative estimate of drug-likeness (QED) is 0.438. The van der Waals surface area contributed by atoms with E-state index in [0.717, 1.165) is 5.57 Å². The van der Waals surface area contributed by atoms with Gasteiger partial charge in [-0.1, -0.05) is 17.7 Å². The van der Waals surface area contributed by atoms with Crippen LogP contribution < -0.4 is 0 Å². The van der Waals surface area contributed by atoms with Gasteiger partial charge in [-0.15, -0.1) is 0 Å². The topological polar surface area (TPSA) is 94.8 Å². The summed E-state index contributed by atoms with van der Waals surface area (Å²) in [4.78, 5) is 24.1.